The standard InChI is InChI=1S/C15H14ClNO2/c1-10-6-7-15(19-10)14(18)8-9-17-13-5-3-4-12(16)11(13)2/h3-9,17H,1-2H3. The number of rotatable bonds is 4. The molecule has 2 aromatic rings. The number of hydrogen-bond donors (Lipinski definition) is 1. The molecule has 0 spiro atoms. The molecule has 3 nitrogen and oxygen atoms in total. The van der Waals surface area contributed by atoms with Gasteiger partial charge < -0.3 is 9.73 Å². The van der Waals surface area contributed by atoms with Gasteiger partial charge in [-0.15, -0.1) is 0 Å². The maximum absolute atomic E-state index is 11.8. The van der Waals surface area contributed by atoms with Gasteiger partial charge >= 0.3 is 0 Å². The van der Waals surface area contributed by atoms with E-state index in [0.717, 1.165) is 17.0 Å². The Kier molecular flexibility index (Phi) is 4.07. The van der Waals surface area contributed by atoms with Crippen LogP contribution in [-0.4, -0.2) is 5.78 Å². The van der Waals surface area contributed by atoms with Gasteiger partial charge in [0.05, 0.1) is 0 Å². The molecule has 0 atom stereocenters. The molecule has 0 saturated carbocycles. The lowest BCUT2D eigenvalue weighted by atomic mass is 10.2. The monoisotopic (exact) mass is 275 g/mol. The molecule has 0 aliphatic heterocycles. The van der Waals surface area contributed by atoms with Crippen LogP contribution >= 0.6 is 11.6 Å². The Bertz CT molecular complexity index is 629. The summed E-state index contributed by atoms with van der Waals surface area (Å²) in [5.74, 6) is 0.869. The summed E-state index contributed by atoms with van der Waals surface area (Å²) in [7, 11) is 0. The number of carbonyl (C=O) groups is 1. The zero-order valence-electron chi connectivity index (χ0n) is 10.7. The summed E-state index contributed by atoms with van der Waals surface area (Å²) >= 11 is 6.01. The third-order valence-electron chi connectivity index (χ3n) is 2.72. The summed E-state index contributed by atoms with van der Waals surface area (Å²) in [5, 5.41) is 3.72. The summed E-state index contributed by atoms with van der Waals surface area (Å²) in [6.07, 6.45) is 3.01. The van der Waals surface area contributed by atoms with Crippen molar-refractivity contribution < 1.29 is 9.21 Å². The second-order valence-corrected chi connectivity index (χ2v) is 4.57. The maximum Gasteiger partial charge on any atom is 0.222 e. The summed E-state index contributed by atoms with van der Waals surface area (Å²) in [5.41, 5.74) is 1.81. The summed E-state index contributed by atoms with van der Waals surface area (Å²) in [6, 6.07) is 8.99. The molecule has 0 aliphatic carbocycles. The third-order valence-corrected chi connectivity index (χ3v) is 3.13. The van der Waals surface area contributed by atoms with E-state index in [0.29, 0.717) is 10.8 Å². The SMILES string of the molecule is Cc1ccc(C(=O)C=CNc2cccc(Cl)c2C)o1. The number of furan rings is 1. The van der Waals surface area contributed by atoms with E-state index in [4.69, 9.17) is 16.0 Å². The molecule has 1 aromatic heterocycles. The molecule has 19 heavy (non-hydrogen) atoms. The van der Waals surface area contributed by atoms with E-state index >= 15 is 0 Å². The van der Waals surface area contributed by atoms with Gasteiger partial charge in [0.15, 0.2) is 5.76 Å². The normalized spacial score (nSPS) is 10.9. The van der Waals surface area contributed by atoms with Crippen molar-refractivity contribution in [1.82, 2.24) is 0 Å². The summed E-state index contributed by atoms with van der Waals surface area (Å²) in [6.45, 7) is 3.71. The van der Waals surface area contributed by atoms with Crippen LogP contribution in [0.5, 0.6) is 0 Å². The number of carbonyl (C=O) groups excluding carboxylic acids is 1. The first kappa shape index (κ1) is 13.4. The molecule has 0 saturated heterocycles. The van der Waals surface area contributed by atoms with Crippen LogP contribution < -0.4 is 5.32 Å². The van der Waals surface area contributed by atoms with Crippen LogP contribution in [0.25, 0.3) is 0 Å². The van der Waals surface area contributed by atoms with Gasteiger partial charge in [0.2, 0.25) is 5.78 Å². The topological polar surface area (TPSA) is 42.2 Å². The lowest BCUT2D eigenvalue weighted by molar-refractivity contribution is 0.102. The van der Waals surface area contributed by atoms with Gasteiger partial charge in [-0.1, -0.05) is 17.7 Å². The summed E-state index contributed by atoms with van der Waals surface area (Å²) in [4.78, 5) is 11.8. The van der Waals surface area contributed by atoms with Gasteiger partial charge in [0.25, 0.3) is 0 Å². The molecule has 2 rings (SSSR count). The van der Waals surface area contributed by atoms with E-state index in [-0.39, 0.29) is 5.78 Å². The van der Waals surface area contributed by atoms with Gasteiger partial charge in [-0.2, -0.15) is 0 Å². The molecule has 0 amide bonds. The number of allylic oxidation sites excluding steroid dienone is 1. The van der Waals surface area contributed by atoms with Crippen LogP contribution in [-0.2, 0) is 0 Å². The van der Waals surface area contributed by atoms with Crippen molar-refractivity contribution in [1.29, 1.82) is 0 Å². The van der Waals surface area contributed by atoms with Crippen LogP contribution in [0, 0.1) is 13.8 Å². The van der Waals surface area contributed by atoms with Crippen molar-refractivity contribution in [2.24, 2.45) is 0 Å². The number of aryl methyl sites for hydroxylation is 1. The van der Waals surface area contributed by atoms with Crippen LogP contribution in [0.1, 0.15) is 21.9 Å². The Morgan fingerprint density at radius 2 is 2.05 bits per heavy atom. The molecule has 1 N–H and O–H groups in total. The highest BCUT2D eigenvalue weighted by Crippen LogP contribution is 2.22. The quantitative estimate of drug-likeness (QED) is 0.666. The smallest absolute Gasteiger partial charge is 0.222 e. The highest BCUT2D eigenvalue weighted by molar-refractivity contribution is 6.31. The molecular formula is C15H14ClNO2. The Morgan fingerprint density at radius 3 is 2.74 bits per heavy atom. The second kappa shape index (κ2) is 5.76. The van der Waals surface area contributed by atoms with E-state index in [2.05, 4.69) is 5.32 Å². The lowest BCUT2D eigenvalue weighted by Crippen LogP contribution is -1.95. The van der Waals surface area contributed by atoms with E-state index < -0.39 is 0 Å². The lowest BCUT2D eigenvalue weighted by Gasteiger charge is -2.06. The van der Waals surface area contributed by atoms with Crippen molar-refractivity contribution in [2.45, 2.75) is 13.8 Å². The zero-order valence-corrected chi connectivity index (χ0v) is 11.5. The third kappa shape index (κ3) is 3.26. The van der Waals surface area contributed by atoms with Crippen molar-refractivity contribution in [3.8, 4) is 0 Å². The van der Waals surface area contributed by atoms with Gasteiger partial charge in [-0.25, -0.2) is 0 Å². The molecule has 0 radical (unpaired) electrons. The Morgan fingerprint density at radius 1 is 1.26 bits per heavy atom. The molecule has 0 unspecified atom stereocenters. The predicted molar refractivity (Wildman–Crippen MR) is 76.7 cm³/mol. The van der Waals surface area contributed by atoms with Crippen LogP contribution in [0.4, 0.5) is 5.69 Å². The zero-order chi connectivity index (χ0) is 13.8. The van der Waals surface area contributed by atoms with Crippen molar-refractivity contribution in [3.63, 3.8) is 0 Å². The van der Waals surface area contributed by atoms with Crippen molar-refractivity contribution in [2.75, 3.05) is 5.32 Å². The maximum atomic E-state index is 11.8. The fourth-order valence-corrected chi connectivity index (χ4v) is 1.79. The first-order chi connectivity index (χ1) is 9.08. The number of halogens is 1. The number of benzene rings is 1. The Labute approximate surface area is 116 Å². The Balaban J connectivity index is 2.04. The fourth-order valence-electron chi connectivity index (χ4n) is 1.62. The van der Waals surface area contributed by atoms with E-state index in [9.17, 15) is 4.79 Å². The predicted octanol–water partition coefficient (Wildman–Crippen LogP) is 4.36. The average molecular weight is 276 g/mol. The van der Waals surface area contributed by atoms with Gasteiger partial charge in [-0.3, -0.25) is 4.79 Å². The van der Waals surface area contributed by atoms with Gasteiger partial charge in [-0.05, 0) is 43.7 Å². The molecule has 0 fully saturated rings. The minimum Gasteiger partial charge on any atom is -0.458 e. The van der Waals surface area contributed by atoms with Crippen LogP contribution in [0.2, 0.25) is 5.02 Å². The first-order valence-electron chi connectivity index (χ1n) is 5.87. The minimum atomic E-state index is -0.180. The molecule has 98 valence electrons. The molecule has 0 aliphatic rings. The number of ketones is 1. The average Bonchev–Trinajstić information content (AvgIpc) is 2.81. The largest absolute Gasteiger partial charge is 0.458 e. The van der Waals surface area contributed by atoms with Crippen LogP contribution in [0.3, 0.4) is 0 Å². The van der Waals surface area contributed by atoms with Gasteiger partial charge in [0, 0.05) is 23.0 Å². The second-order valence-electron chi connectivity index (χ2n) is 4.16. The van der Waals surface area contributed by atoms with E-state index in [1.54, 1.807) is 25.3 Å². The van der Waals surface area contributed by atoms with E-state index in [1.807, 2.05) is 25.1 Å². The minimum absolute atomic E-state index is 0.180. The Hall–Kier alpha value is -2.00. The molecule has 1 heterocycles. The fraction of sp³-hybridized carbons (Fsp3) is 0.133. The molecule has 4 heteroatoms. The summed E-state index contributed by atoms with van der Waals surface area (Å²) < 4.78 is 5.24. The molecular weight excluding hydrogens is 262 g/mol. The van der Waals surface area contributed by atoms with Crippen LogP contribution in [0.15, 0.2) is 47.0 Å². The molecule has 1 aromatic carbocycles. The highest BCUT2D eigenvalue weighted by Gasteiger charge is 2.06. The van der Waals surface area contributed by atoms with Crippen molar-refractivity contribution >= 4 is 23.1 Å². The van der Waals surface area contributed by atoms with Gasteiger partial charge in [0.1, 0.15) is 5.76 Å². The van der Waals surface area contributed by atoms with Crippen molar-refractivity contribution in [3.05, 3.63) is 64.7 Å². The van der Waals surface area contributed by atoms with E-state index in [1.165, 1.54) is 6.08 Å². The number of hydrogen-bond acceptors (Lipinski definition) is 3. The number of nitrogens with one attached hydrogen (secondary N) is 1. The molecule has 0 bridgehead atoms. The first-order valence-corrected chi connectivity index (χ1v) is 6.24. The highest BCUT2D eigenvalue weighted by atomic mass is 35.5. The number of anilines is 1.